The van der Waals surface area contributed by atoms with E-state index >= 15 is 0 Å². The highest BCUT2D eigenvalue weighted by Crippen LogP contribution is 2.25. The maximum atomic E-state index is 10.5. The fourth-order valence-electron chi connectivity index (χ4n) is 2.52. The topological polar surface area (TPSA) is 83.8 Å². The molecule has 0 bridgehead atoms. The van der Waals surface area contributed by atoms with Crippen molar-refractivity contribution in [1.29, 1.82) is 0 Å². The summed E-state index contributed by atoms with van der Waals surface area (Å²) < 4.78 is 5.67. The monoisotopic (exact) mass is 272 g/mol. The van der Waals surface area contributed by atoms with Gasteiger partial charge in [-0.3, -0.25) is 9.59 Å². The van der Waals surface area contributed by atoms with Crippen LogP contribution in [0.25, 0.3) is 0 Å². The van der Waals surface area contributed by atoms with Crippen molar-refractivity contribution >= 4 is 11.9 Å². The van der Waals surface area contributed by atoms with E-state index < -0.39 is 11.9 Å². The van der Waals surface area contributed by atoms with E-state index in [0.717, 1.165) is 51.4 Å². The summed E-state index contributed by atoms with van der Waals surface area (Å²) in [4.78, 5) is 20.9. The predicted octanol–water partition coefficient (Wildman–Crippen LogP) is 2.82. The Morgan fingerprint density at radius 1 is 0.895 bits per heavy atom. The largest absolute Gasteiger partial charge is 0.481 e. The Kier molecular flexibility index (Phi) is 7.48. The van der Waals surface area contributed by atoms with Gasteiger partial charge in [0.25, 0.3) is 0 Å². The quantitative estimate of drug-likeness (QED) is 0.597. The lowest BCUT2D eigenvalue weighted by Crippen LogP contribution is -2.14. The molecular weight excluding hydrogens is 248 g/mol. The Labute approximate surface area is 114 Å². The Hall–Kier alpha value is -1.10. The molecule has 0 amide bonds. The van der Waals surface area contributed by atoms with E-state index in [1.807, 2.05) is 0 Å². The molecule has 0 unspecified atom stereocenters. The van der Waals surface area contributed by atoms with Crippen molar-refractivity contribution in [3.8, 4) is 0 Å². The van der Waals surface area contributed by atoms with Crippen LogP contribution in [0.2, 0.25) is 0 Å². The van der Waals surface area contributed by atoms with Gasteiger partial charge in [-0.05, 0) is 25.7 Å². The van der Waals surface area contributed by atoms with E-state index in [0.29, 0.717) is 0 Å². The molecule has 0 aromatic rings. The number of unbranched alkanes of at least 4 members (excludes halogenated alkanes) is 4. The molecule has 1 saturated heterocycles. The first kappa shape index (κ1) is 16.0. The third-order valence-electron chi connectivity index (χ3n) is 3.51. The van der Waals surface area contributed by atoms with Crippen molar-refractivity contribution < 1.29 is 24.5 Å². The lowest BCUT2D eigenvalue weighted by Gasteiger charge is -2.12. The van der Waals surface area contributed by atoms with Crippen LogP contribution in [0.5, 0.6) is 0 Å². The zero-order chi connectivity index (χ0) is 14.1. The molecule has 0 aromatic carbocycles. The summed E-state index contributed by atoms with van der Waals surface area (Å²) in [5.74, 6) is -1.51. The number of carboxylic acid groups (broad SMARTS) is 2. The molecule has 5 nitrogen and oxygen atoms in total. The van der Waals surface area contributed by atoms with Gasteiger partial charge in [-0.2, -0.15) is 0 Å². The molecule has 1 aliphatic rings. The third kappa shape index (κ3) is 7.82. The van der Waals surface area contributed by atoms with Gasteiger partial charge >= 0.3 is 11.9 Å². The molecule has 5 heteroatoms. The number of ether oxygens (including phenoxy) is 1. The molecule has 0 aromatic heterocycles. The highest BCUT2D eigenvalue weighted by Gasteiger charge is 2.26. The molecule has 0 aliphatic carbocycles. The van der Waals surface area contributed by atoms with Gasteiger partial charge in [-0.1, -0.05) is 25.7 Å². The summed E-state index contributed by atoms with van der Waals surface area (Å²) in [5.41, 5.74) is 0. The summed E-state index contributed by atoms with van der Waals surface area (Å²) in [6, 6.07) is 0. The first-order valence-electron chi connectivity index (χ1n) is 7.17. The van der Waals surface area contributed by atoms with Crippen molar-refractivity contribution in [3.05, 3.63) is 0 Å². The van der Waals surface area contributed by atoms with Crippen molar-refractivity contribution in [3.63, 3.8) is 0 Å². The van der Waals surface area contributed by atoms with Crippen molar-refractivity contribution in [2.75, 3.05) is 0 Å². The summed E-state index contributed by atoms with van der Waals surface area (Å²) in [6.07, 6.45) is 8.31. The normalized spacial score (nSPS) is 22.5. The molecule has 0 radical (unpaired) electrons. The fourth-order valence-corrected chi connectivity index (χ4v) is 2.52. The first-order chi connectivity index (χ1) is 9.08. The van der Waals surface area contributed by atoms with Crippen LogP contribution < -0.4 is 0 Å². The lowest BCUT2D eigenvalue weighted by atomic mass is 10.0. The van der Waals surface area contributed by atoms with Crippen molar-refractivity contribution in [2.24, 2.45) is 0 Å². The smallest absolute Gasteiger partial charge is 0.305 e. The van der Waals surface area contributed by atoms with Crippen LogP contribution in [0, 0.1) is 0 Å². The summed E-state index contributed by atoms with van der Waals surface area (Å²) in [7, 11) is 0. The molecule has 1 fully saturated rings. The number of carbonyl (C=O) groups is 2. The van der Waals surface area contributed by atoms with Gasteiger partial charge in [0.15, 0.2) is 0 Å². The van der Waals surface area contributed by atoms with E-state index in [1.54, 1.807) is 0 Å². The molecule has 110 valence electrons. The number of aliphatic carboxylic acids is 2. The molecule has 19 heavy (non-hydrogen) atoms. The van der Waals surface area contributed by atoms with E-state index in [2.05, 4.69) is 0 Å². The molecule has 1 rings (SSSR count). The zero-order valence-corrected chi connectivity index (χ0v) is 11.3. The molecule has 2 N–H and O–H groups in total. The Morgan fingerprint density at radius 2 is 1.53 bits per heavy atom. The van der Waals surface area contributed by atoms with Gasteiger partial charge in [0.1, 0.15) is 0 Å². The maximum absolute atomic E-state index is 10.5. The lowest BCUT2D eigenvalue weighted by molar-refractivity contribution is -0.140. The van der Waals surface area contributed by atoms with E-state index in [1.165, 1.54) is 0 Å². The van der Waals surface area contributed by atoms with Gasteiger partial charge in [-0.15, -0.1) is 0 Å². The summed E-state index contributed by atoms with van der Waals surface area (Å²) in [5, 5.41) is 17.2. The molecular formula is C14H24O5. The second-order valence-electron chi connectivity index (χ2n) is 5.26. The van der Waals surface area contributed by atoms with Crippen LogP contribution in [0.15, 0.2) is 0 Å². The summed E-state index contributed by atoms with van der Waals surface area (Å²) in [6.45, 7) is 0. The van der Waals surface area contributed by atoms with Gasteiger partial charge in [-0.25, -0.2) is 0 Å². The Morgan fingerprint density at radius 3 is 2.21 bits per heavy atom. The van der Waals surface area contributed by atoms with Crippen LogP contribution in [-0.2, 0) is 14.3 Å². The van der Waals surface area contributed by atoms with E-state index in [-0.39, 0.29) is 25.0 Å². The van der Waals surface area contributed by atoms with E-state index in [9.17, 15) is 9.59 Å². The number of hydrogen-bond donors (Lipinski definition) is 2. The second kappa shape index (κ2) is 8.91. The van der Waals surface area contributed by atoms with Crippen LogP contribution in [0.1, 0.15) is 64.2 Å². The molecule has 0 spiro atoms. The van der Waals surface area contributed by atoms with Gasteiger partial charge in [0.2, 0.25) is 0 Å². The highest BCUT2D eigenvalue weighted by molar-refractivity contribution is 5.67. The Bertz CT molecular complexity index is 290. The average Bonchev–Trinajstić information content (AvgIpc) is 2.74. The van der Waals surface area contributed by atoms with Crippen LogP contribution >= 0.6 is 0 Å². The highest BCUT2D eigenvalue weighted by atomic mass is 16.5. The second-order valence-corrected chi connectivity index (χ2v) is 5.26. The number of hydrogen-bond acceptors (Lipinski definition) is 3. The summed E-state index contributed by atoms with van der Waals surface area (Å²) >= 11 is 0. The SMILES string of the molecule is O=C(O)CCCCCCC[C@H]1CC[C@H](CC(=O)O)O1. The maximum Gasteiger partial charge on any atom is 0.305 e. The van der Waals surface area contributed by atoms with Gasteiger partial charge in [0, 0.05) is 6.42 Å². The minimum atomic E-state index is -0.788. The number of carboxylic acids is 2. The predicted molar refractivity (Wildman–Crippen MR) is 70.1 cm³/mol. The minimum absolute atomic E-state index is 0.0990. The van der Waals surface area contributed by atoms with Crippen molar-refractivity contribution in [1.82, 2.24) is 0 Å². The van der Waals surface area contributed by atoms with Gasteiger partial charge in [0.05, 0.1) is 18.6 Å². The minimum Gasteiger partial charge on any atom is -0.481 e. The van der Waals surface area contributed by atoms with Crippen LogP contribution in [-0.4, -0.2) is 34.4 Å². The molecule has 2 atom stereocenters. The van der Waals surface area contributed by atoms with E-state index in [4.69, 9.17) is 14.9 Å². The molecule has 1 aliphatic heterocycles. The van der Waals surface area contributed by atoms with Gasteiger partial charge < -0.3 is 14.9 Å². The Balaban J connectivity index is 1.93. The average molecular weight is 272 g/mol. The standard InChI is InChI=1S/C14H24O5/c15-13(16)7-5-3-1-2-4-6-11-8-9-12(19-11)10-14(17)18/h11-12H,1-10H2,(H,15,16)(H,17,18)/t11-,12+/m0/s1. The molecule has 1 heterocycles. The number of rotatable bonds is 10. The fraction of sp³-hybridized carbons (Fsp3) is 0.857. The third-order valence-corrected chi connectivity index (χ3v) is 3.51. The van der Waals surface area contributed by atoms with Crippen LogP contribution in [0.4, 0.5) is 0 Å². The first-order valence-corrected chi connectivity index (χ1v) is 7.17. The zero-order valence-electron chi connectivity index (χ0n) is 11.3. The van der Waals surface area contributed by atoms with Crippen molar-refractivity contribution in [2.45, 2.75) is 76.4 Å². The molecule has 0 saturated carbocycles. The van der Waals surface area contributed by atoms with Crippen LogP contribution in [0.3, 0.4) is 0 Å².